The van der Waals surface area contributed by atoms with E-state index in [0.29, 0.717) is 40.0 Å². The van der Waals surface area contributed by atoms with E-state index in [1.54, 1.807) is 18.3 Å². The molecule has 0 unspecified atom stereocenters. The van der Waals surface area contributed by atoms with Crippen molar-refractivity contribution in [1.29, 1.82) is 10.5 Å². The summed E-state index contributed by atoms with van der Waals surface area (Å²) in [5, 5.41) is 23.2. The van der Waals surface area contributed by atoms with Gasteiger partial charge in [0.25, 0.3) is 0 Å². The van der Waals surface area contributed by atoms with Crippen molar-refractivity contribution in [1.82, 2.24) is 29.1 Å². The van der Waals surface area contributed by atoms with Crippen LogP contribution in [-0.2, 0) is 0 Å². The Morgan fingerprint density at radius 3 is 1.41 bits per heavy atom. The van der Waals surface area contributed by atoms with Crippen LogP contribution in [0.5, 0.6) is 0 Å². The Morgan fingerprint density at radius 2 is 0.906 bits per heavy atom. The third kappa shape index (κ3) is 6.08. The predicted molar refractivity (Wildman–Crippen MR) is 250 cm³/mol. The summed E-state index contributed by atoms with van der Waals surface area (Å²) in [6.07, 6.45) is 3.61. The van der Waals surface area contributed by atoms with E-state index in [1.165, 1.54) is 0 Å². The van der Waals surface area contributed by atoms with Gasteiger partial charge in [0.1, 0.15) is 0 Å². The number of pyridine rings is 1. The molecule has 0 bridgehead atoms. The first-order chi connectivity index (χ1) is 31.5. The van der Waals surface area contributed by atoms with Crippen LogP contribution < -0.4 is 0 Å². The minimum atomic E-state index is 0.474. The molecule has 0 aliphatic carbocycles. The fourth-order valence-corrected chi connectivity index (χ4v) is 8.63. The minimum absolute atomic E-state index is 0.474. The molecule has 294 valence electrons. The molecule has 0 saturated heterocycles. The van der Waals surface area contributed by atoms with Crippen LogP contribution >= 0.6 is 0 Å². The summed E-state index contributed by atoms with van der Waals surface area (Å²) < 4.78 is 4.32. The maximum absolute atomic E-state index is 9.91. The van der Waals surface area contributed by atoms with E-state index in [-0.39, 0.29) is 0 Å². The first-order valence-corrected chi connectivity index (χ1v) is 20.2. The van der Waals surface area contributed by atoms with E-state index < -0.39 is 0 Å². The number of hydrogen-bond donors (Lipinski definition) is 0. The van der Waals surface area contributed by atoms with Gasteiger partial charge in [0, 0.05) is 51.0 Å². The molecule has 0 aliphatic rings. The summed E-state index contributed by atoms with van der Waals surface area (Å²) in [4.78, 5) is 27.3. The Labute approximate surface area is 366 Å². The molecule has 7 aromatic carbocycles. The standard InChI is InChI=1S/C54H28N10/c1-57-38-16-21-48-43(28-38)44-29-39(58-2)17-22-49(44)64(48)51-27-37(54-61-52(35-9-5-3-6-10-35)60-53(62-54)36-11-7-4-8-12-36)15-18-40(51)45-32-59-24-23-50(45)63-46-19-13-33(30-55)25-41(46)42-26-34(31-56)14-20-47(42)63/h3-29,32H. The molecule has 64 heavy (non-hydrogen) atoms. The van der Waals surface area contributed by atoms with Crippen LogP contribution in [0.4, 0.5) is 11.4 Å². The zero-order valence-corrected chi connectivity index (χ0v) is 33.6. The Kier molecular flexibility index (Phi) is 8.77. The van der Waals surface area contributed by atoms with Crippen molar-refractivity contribution in [2.75, 3.05) is 0 Å². The lowest BCUT2D eigenvalue weighted by molar-refractivity contribution is 1.07. The predicted octanol–water partition coefficient (Wildman–Crippen LogP) is 13.0. The molecule has 10 heteroatoms. The molecule has 4 heterocycles. The lowest BCUT2D eigenvalue weighted by atomic mass is 10.00. The molecule has 11 aromatic rings. The smallest absolute Gasteiger partial charge is 0.188 e. The zero-order chi connectivity index (χ0) is 43.3. The number of nitrogens with zero attached hydrogens (tertiary/aromatic N) is 10. The topological polar surface area (TPSA) is 118 Å². The largest absolute Gasteiger partial charge is 0.309 e. The molecule has 0 fully saturated rings. The molecular weight excluding hydrogens is 789 g/mol. The van der Waals surface area contributed by atoms with Crippen molar-refractivity contribution in [2.24, 2.45) is 0 Å². The molecule has 0 aliphatic heterocycles. The van der Waals surface area contributed by atoms with Crippen LogP contribution in [0.25, 0.3) is 110 Å². The summed E-state index contributed by atoms with van der Waals surface area (Å²) in [6.45, 7) is 15.7. The van der Waals surface area contributed by atoms with Crippen molar-refractivity contribution < 1.29 is 0 Å². The van der Waals surface area contributed by atoms with Crippen LogP contribution in [-0.4, -0.2) is 29.1 Å². The van der Waals surface area contributed by atoms with Gasteiger partial charge in [0.05, 0.1) is 69.9 Å². The highest BCUT2D eigenvalue weighted by Gasteiger charge is 2.23. The number of rotatable bonds is 6. The Bertz CT molecular complexity index is 3690. The number of aromatic nitrogens is 6. The molecule has 0 spiro atoms. The second-order valence-electron chi connectivity index (χ2n) is 15.1. The second kappa shape index (κ2) is 15.1. The second-order valence-corrected chi connectivity index (χ2v) is 15.1. The van der Waals surface area contributed by atoms with Crippen molar-refractivity contribution in [3.05, 3.63) is 204 Å². The van der Waals surface area contributed by atoms with E-state index in [1.807, 2.05) is 140 Å². The fraction of sp³-hybridized carbons (Fsp3) is 0. The number of nitriles is 2. The third-order valence-corrected chi connectivity index (χ3v) is 11.5. The van der Waals surface area contributed by atoms with Crippen LogP contribution in [0.1, 0.15) is 11.1 Å². The maximum Gasteiger partial charge on any atom is 0.188 e. The van der Waals surface area contributed by atoms with Gasteiger partial charge >= 0.3 is 0 Å². The molecule has 0 radical (unpaired) electrons. The molecule has 4 aromatic heterocycles. The minimum Gasteiger partial charge on any atom is -0.309 e. The van der Waals surface area contributed by atoms with Crippen LogP contribution in [0.2, 0.25) is 0 Å². The van der Waals surface area contributed by atoms with Crippen molar-refractivity contribution in [2.45, 2.75) is 0 Å². The summed E-state index contributed by atoms with van der Waals surface area (Å²) >= 11 is 0. The normalized spacial score (nSPS) is 11.1. The van der Waals surface area contributed by atoms with Gasteiger partial charge in [-0.15, -0.1) is 0 Å². The summed E-state index contributed by atoms with van der Waals surface area (Å²) in [6, 6.07) is 54.9. The quantitative estimate of drug-likeness (QED) is 0.154. The highest BCUT2D eigenvalue weighted by Crippen LogP contribution is 2.43. The van der Waals surface area contributed by atoms with Crippen molar-refractivity contribution in [3.8, 4) is 68.8 Å². The lowest BCUT2D eigenvalue weighted by Gasteiger charge is -2.19. The van der Waals surface area contributed by atoms with Gasteiger partial charge in [0.15, 0.2) is 28.8 Å². The number of fused-ring (bicyclic) bond motifs is 6. The van der Waals surface area contributed by atoms with Crippen molar-refractivity contribution in [3.63, 3.8) is 0 Å². The van der Waals surface area contributed by atoms with Gasteiger partial charge in [-0.1, -0.05) is 84.9 Å². The molecule has 0 N–H and O–H groups in total. The van der Waals surface area contributed by atoms with E-state index in [9.17, 15) is 10.5 Å². The molecule has 0 atom stereocenters. The Balaban J connectivity index is 1.23. The molecule has 11 rings (SSSR count). The van der Waals surface area contributed by atoms with Gasteiger partial charge in [-0.05, 0) is 83.6 Å². The van der Waals surface area contributed by atoms with Gasteiger partial charge in [-0.25, -0.2) is 24.6 Å². The van der Waals surface area contributed by atoms with Gasteiger partial charge < -0.3 is 9.13 Å². The van der Waals surface area contributed by atoms with Crippen LogP contribution in [0.3, 0.4) is 0 Å². The zero-order valence-electron chi connectivity index (χ0n) is 33.6. The van der Waals surface area contributed by atoms with Gasteiger partial charge in [0.2, 0.25) is 0 Å². The first-order valence-electron chi connectivity index (χ1n) is 20.2. The lowest BCUT2D eigenvalue weighted by Crippen LogP contribution is -2.04. The van der Waals surface area contributed by atoms with Crippen LogP contribution in [0, 0.1) is 35.8 Å². The monoisotopic (exact) mass is 816 g/mol. The summed E-state index contributed by atoms with van der Waals surface area (Å²) in [7, 11) is 0. The Hall–Kier alpha value is -9.74. The molecule has 0 amide bonds. The molecular formula is C54H28N10. The SMILES string of the molecule is [C-]#[N+]c1ccc2c(c1)c1cc([N+]#[C-])ccc1n2-c1cc(-c2nc(-c3ccccc3)nc(-c3ccccc3)n2)ccc1-c1cnccc1-n1c2ccc(C#N)cc2c2cc(C#N)ccc21. The molecule has 0 saturated carbocycles. The van der Waals surface area contributed by atoms with E-state index >= 15 is 0 Å². The summed E-state index contributed by atoms with van der Waals surface area (Å²) in [5.41, 5.74) is 11.1. The average Bonchev–Trinajstić information content (AvgIpc) is 3.87. The first kappa shape index (κ1) is 37.3. The summed E-state index contributed by atoms with van der Waals surface area (Å²) in [5.74, 6) is 1.54. The number of benzene rings is 7. The highest BCUT2D eigenvalue weighted by atomic mass is 15.0. The van der Waals surface area contributed by atoms with E-state index in [0.717, 1.165) is 82.8 Å². The highest BCUT2D eigenvalue weighted by molar-refractivity contribution is 6.13. The average molecular weight is 817 g/mol. The van der Waals surface area contributed by atoms with Crippen LogP contribution in [0.15, 0.2) is 170 Å². The maximum atomic E-state index is 9.91. The van der Waals surface area contributed by atoms with E-state index in [2.05, 4.69) is 43.1 Å². The van der Waals surface area contributed by atoms with Gasteiger partial charge in [-0.2, -0.15) is 10.5 Å². The van der Waals surface area contributed by atoms with Gasteiger partial charge in [-0.3, -0.25) is 4.98 Å². The third-order valence-electron chi connectivity index (χ3n) is 11.5. The van der Waals surface area contributed by atoms with E-state index in [4.69, 9.17) is 33.1 Å². The molecule has 10 nitrogen and oxygen atoms in total. The number of hydrogen-bond acceptors (Lipinski definition) is 6. The van der Waals surface area contributed by atoms with Crippen molar-refractivity contribution >= 4 is 55.0 Å². The fourth-order valence-electron chi connectivity index (χ4n) is 8.63. The Morgan fingerprint density at radius 1 is 0.438 bits per heavy atom.